The highest BCUT2D eigenvalue weighted by Crippen LogP contribution is 2.48. The van der Waals surface area contributed by atoms with E-state index in [1.165, 1.54) is 30.3 Å². The molecule has 2 aromatic carbocycles. The fourth-order valence-corrected chi connectivity index (χ4v) is 5.55. The van der Waals surface area contributed by atoms with Crippen LogP contribution >= 0.6 is 11.6 Å². The van der Waals surface area contributed by atoms with Crippen molar-refractivity contribution >= 4 is 29.4 Å². The number of aromatic nitrogens is 1. The fraction of sp³-hybridized carbons (Fsp3) is 0.310. The molecule has 1 aromatic heterocycles. The summed E-state index contributed by atoms with van der Waals surface area (Å²) >= 11 is 5.94. The zero-order chi connectivity index (χ0) is 28.3. The van der Waals surface area contributed by atoms with Gasteiger partial charge in [0.1, 0.15) is 16.7 Å². The van der Waals surface area contributed by atoms with E-state index in [0.29, 0.717) is 55.4 Å². The third-order valence-corrected chi connectivity index (χ3v) is 7.57. The number of benzene rings is 2. The van der Waals surface area contributed by atoms with E-state index in [9.17, 15) is 22.4 Å². The summed E-state index contributed by atoms with van der Waals surface area (Å²) in [5, 5.41) is 3.20. The number of alkyl halides is 3. The summed E-state index contributed by atoms with van der Waals surface area (Å²) < 4.78 is 56.3. The van der Waals surface area contributed by atoms with Gasteiger partial charge in [-0.25, -0.2) is 14.2 Å². The zero-order valence-electron chi connectivity index (χ0n) is 21.4. The molecule has 40 heavy (non-hydrogen) atoms. The molecule has 5 rings (SSSR count). The number of hydrogen-bond donors (Lipinski definition) is 1. The summed E-state index contributed by atoms with van der Waals surface area (Å²) in [6, 6.07) is 13.5. The SMILES string of the molecule is O=C(NCc1ccnc(Cl)c1)N1CC2(CCN(C/C=C/c3ccc(F)cc3)CC2)c2cc(OC(F)(F)F)ccc21. The number of halogens is 5. The minimum absolute atomic E-state index is 0.226. The van der Waals surface area contributed by atoms with Gasteiger partial charge in [0.05, 0.1) is 0 Å². The minimum Gasteiger partial charge on any atom is -0.406 e. The Morgan fingerprint density at radius 2 is 1.85 bits per heavy atom. The molecule has 1 saturated heterocycles. The van der Waals surface area contributed by atoms with Crippen molar-refractivity contribution in [1.29, 1.82) is 0 Å². The summed E-state index contributed by atoms with van der Waals surface area (Å²) in [6.07, 6.45) is 1.98. The molecule has 2 aliphatic rings. The molecule has 0 bridgehead atoms. The third-order valence-electron chi connectivity index (χ3n) is 7.36. The van der Waals surface area contributed by atoms with Crippen LogP contribution in [0.25, 0.3) is 6.08 Å². The largest absolute Gasteiger partial charge is 0.573 e. The number of carbonyl (C=O) groups excluding carboxylic acids is 1. The van der Waals surface area contributed by atoms with Gasteiger partial charge in [-0.3, -0.25) is 9.80 Å². The zero-order valence-corrected chi connectivity index (χ0v) is 22.2. The van der Waals surface area contributed by atoms with Crippen molar-refractivity contribution in [3.8, 4) is 5.75 Å². The molecule has 1 spiro atoms. The molecule has 0 unspecified atom stereocenters. The first-order valence-corrected chi connectivity index (χ1v) is 13.2. The van der Waals surface area contributed by atoms with Crippen molar-refractivity contribution in [3.63, 3.8) is 0 Å². The van der Waals surface area contributed by atoms with Crippen molar-refractivity contribution in [2.45, 2.75) is 31.2 Å². The Hall–Kier alpha value is -3.63. The number of anilines is 1. The Labute approximate surface area is 234 Å². The average molecular weight is 575 g/mol. The van der Waals surface area contributed by atoms with E-state index in [1.807, 2.05) is 12.2 Å². The lowest BCUT2D eigenvalue weighted by atomic mass is 9.74. The minimum atomic E-state index is -4.82. The standard InChI is InChI=1S/C29H27ClF4N4O2/c30-26-16-21(9-12-35-26)18-36-27(39)38-19-28(24-17-23(7-8-25(24)38)40-29(32,33)34)10-14-37(15-11-28)13-1-2-20-3-5-22(31)6-4-20/h1-9,12,16-17H,10-11,13-15,18-19H2,(H,36,39)/b2-1+. The molecule has 210 valence electrons. The van der Waals surface area contributed by atoms with Gasteiger partial charge < -0.3 is 10.1 Å². The van der Waals surface area contributed by atoms with Crippen LogP contribution in [0.3, 0.4) is 0 Å². The number of rotatable bonds is 6. The molecule has 3 aromatic rings. The van der Waals surface area contributed by atoms with Crippen LogP contribution in [0.4, 0.5) is 28.0 Å². The van der Waals surface area contributed by atoms with E-state index in [2.05, 4.69) is 19.9 Å². The molecular weight excluding hydrogens is 548 g/mol. The quantitative estimate of drug-likeness (QED) is 0.268. The number of ether oxygens (including phenoxy) is 1. The van der Waals surface area contributed by atoms with E-state index in [4.69, 9.17) is 11.6 Å². The van der Waals surface area contributed by atoms with Crippen LogP contribution in [0.2, 0.25) is 5.15 Å². The smallest absolute Gasteiger partial charge is 0.406 e. The molecule has 0 saturated carbocycles. The Kier molecular flexibility index (Phi) is 8.00. The van der Waals surface area contributed by atoms with Gasteiger partial charge in [-0.1, -0.05) is 35.9 Å². The second-order valence-electron chi connectivity index (χ2n) is 9.99. The number of urea groups is 1. The first-order valence-electron chi connectivity index (χ1n) is 12.8. The first kappa shape index (κ1) is 27.9. The molecule has 0 aliphatic carbocycles. The number of nitrogens with one attached hydrogen (secondary N) is 1. The molecule has 11 heteroatoms. The fourth-order valence-electron chi connectivity index (χ4n) is 5.36. The van der Waals surface area contributed by atoms with Gasteiger partial charge in [0.15, 0.2) is 0 Å². The lowest BCUT2D eigenvalue weighted by Crippen LogP contribution is -2.47. The van der Waals surface area contributed by atoms with Crippen LogP contribution in [0, 0.1) is 5.82 Å². The van der Waals surface area contributed by atoms with Crippen LogP contribution in [-0.4, -0.2) is 48.5 Å². The molecule has 0 radical (unpaired) electrons. The maximum Gasteiger partial charge on any atom is 0.573 e. The summed E-state index contributed by atoms with van der Waals surface area (Å²) in [5.41, 5.74) is 2.42. The lowest BCUT2D eigenvalue weighted by molar-refractivity contribution is -0.274. The Morgan fingerprint density at radius 1 is 1.10 bits per heavy atom. The number of piperidine rings is 1. The second-order valence-corrected chi connectivity index (χ2v) is 10.4. The monoisotopic (exact) mass is 574 g/mol. The van der Waals surface area contributed by atoms with Gasteiger partial charge in [-0.2, -0.15) is 0 Å². The van der Waals surface area contributed by atoms with Crippen molar-refractivity contribution in [3.05, 3.63) is 94.5 Å². The molecule has 0 atom stereocenters. The number of carbonyl (C=O) groups is 1. The molecular formula is C29H27ClF4N4O2. The molecule has 1 fully saturated rings. The van der Waals surface area contributed by atoms with E-state index < -0.39 is 11.8 Å². The van der Waals surface area contributed by atoms with Gasteiger partial charge in [-0.15, -0.1) is 13.2 Å². The number of amides is 2. The van der Waals surface area contributed by atoms with Gasteiger partial charge in [0.2, 0.25) is 0 Å². The Bertz CT molecular complexity index is 1390. The van der Waals surface area contributed by atoms with Crippen LogP contribution in [-0.2, 0) is 12.0 Å². The average Bonchev–Trinajstić information content (AvgIpc) is 3.22. The van der Waals surface area contributed by atoms with Gasteiger partial charge in [-0.05, 0) is 85.1 Å². The van der Waals surface area contributed by atoms with E-state index in [0.717, 1.165) is 11.1 Å². The molecule has 6 nitrogen and oxygen atoms in total. The number of likely N-dealkylation sites (tertiary alicyclic amines) is 1. The highest BCUT2D eigenvalue weighted by atomic mass is 35.5. The van der Waals surface area contributed by atoms with Crippen molar-refractivity contribution in [2.24, 2.45) is 0 Å². The summed E-state index contributed by atoms with van der Waals surface area (Å²) in [4.78, 5) is 21.1. The van der Waals surface area contributed by atoms with Crippen molar-refractivity contribution < 1.29 is 27.1 Å². The Morgan fingerprint density at radius 3 is 2.55 bits per heavy atom. The predicted molar refractivity (Wildman–Crippen MR) is 145 cm³/mol. The maximum atomic E-state index is 13.3. The van der Waals surface area contributed by atoms with Crippen molar-refractivity contribution in [1.82, 2.24) is 15.2 Å². The summed E-state index contributed by atoms with van der Waals surface area (Å²) in [5.74, 6) is -0.590. The lowest BCUT2D eigenvalue weighted by Gasteiger charge is -2.39. The third kappa shape index (κ3) is 6.56. The molecule has 2 aliphatic heterocycles. The summed E-state index contributed by atoms with van der Waals surface area (Å²) in [7, 11) is 0. The van der Waals surface area contributed by atoms with Crippen molar-refractivity contribution in [2.75, 3.05) is 31.1 Å². The van der Waals surface area contributed by atoms with Gasteiger partial charge >= 0.3 is 12.4 Å². The normalized spacial score (nSPS) is 16.9. The van der Waals surface area contributed by atoms with E-state index in [1.54, 1.807) is 35.4 Å². The molecule has 1 N–H and O–H groups in total. The van der Waals surface area contributed by atoms with Gasteiger partial charge in [0, 0.05) is 36.9 Å². The van der Waals surface area contributed by atoms with E-state index in [-0.39, 0.29) is 24.1 Å². The maximum absolute atomic E-state index is 13.3. The van der Waals surface area contributed by atoms with Crippen LogP contribution in [0.1, 0.15) is 29.5 Å². The number of nitrogens with zero attached hydrogens (tertiary/aromatic N) is 3. The predicted octanol–water partition coefficient (Wildman–Crippen LogP) is 6.55. The number of fused-ring (bicyclic) bond motifs is 2. The Balaban J connectivity index is 1.31. The second kappa shape index (κ2) is 11.5. The van der Waals surface area contributed by atoms with Crippen LogP contribution in [0.5, 0.6) is 5.75 Å². The highest BCUT2D eigenvalue weighted by molar-refractivity contribution is 6.29. The number of pyridine rings is 1. The molecule has 2 amide bonds. The van der Waals surface area contributed by atoms with Crippen LogP contribution < -0.4 is 15.0 Å². The highest BCUT2D eigenvalue weighted by Gasteiger charge is 2.47. The van der Waals surface area contributed by atoms with E-state index >= 15 is 0 Å². The first-order chi connectivity index (χ1) is 19.1. The van der Waals surface area contributed by atoms with Gasteiger partial charge in [0.25, 0.3) is 0 Å². The number of hydrogen-bond acceptors (Lipinski definition) is 4. The topological polar surface area (TPSA) is 57.7 Å². The molecule has 3 heterocycles. The summed E-state index contributed by atoms with van der Waals surface area (Å²) in [6.45, 7) is 2.64. The van der Waals surface area contributed by atoms with Crippen LogP contribution in [0.15, 0.2) is 66.9 Å².